The molecule has 0 atom stereocenters. The lowest BCUT2D eigenvalue weighted by Gasteiger charge is -2.26. The van der Waals surface area contributed by atoms with Gasteiger partial charge in [-0.15, -0.1) is 23.7 Å². The molecular formula is C11H17ClN2O2S. The standard InChI is InChI=1S/C11H16N2O2S.ClH/c14-10(11-12-3-9-16-11)2-1-4-13-5-7-15-8-6-13;/h3,9H,1-2,4-8H2;1H. The molecule has 0 N–H and O–H groups in total. The minimum Gasteiger partial charge on any atom is -0.379 e. The molecule has 0 bridgehead atoms. The molecule has 1 aromatic heterocycles. The van der Waals surface area contributed by atoms with Gasteiger partial charge in [-0.1, -0.05) is 0 Å². The van der Waals surface area contributed by atoms with Crippen molar-refractivity contribution in [3.63, 3.8) is 0 Å². The Hall–Kier alpha value is -0.490. The van der Waals surface area contributed by atoms with Crippen LogP contribution in [-0.4, -0.2) is 48.5 Å². The molecule has 0 radical (unpaired) electrons. The van der Waals surface area contributed by atoms with Crippen molar-refractivity contribution < 1.29 is 9.53 Å². The van der Waals surface area contributed by atoms with Crippen molar-refractivity contribution in [3.8, 4) is 0 Å². The van der Waals surface area contributed by atoms with Gasteiger partial charge >= 0.3 is 0 Å². The van der Waals surface area contributed by atoms with Gasteiger partial charge in [0.05, 0.1) is 13.2 Å². The molecule has 0 unspecified atom stereocenters. The van der Waals surface area contributed by atoms with E-state index in [-0.39, 0.29) is 18.2 Å². The van der Waals surface area contributed by atoms with E-state index in [0.29, 0.717) is 11.4 Å². The van der Waals surface area contributed by atoms with Crippen LogP contribution in [0.15, 0.2) is 11.6 Å². The lowest BCUT2D eigenvalue weighted by Crippen LogP contribution is -2.36. The minimum atomic E-state index is 0. The van der Waals surface area contributed by atoms with Gasteiger partial charge in [0, 0.05) is 31.1 Å². The van der Waals surface area contributed by atoms with Gasteiger partial charge in [0.1, 0.15) is 0 Å². The van der Waals surface area contributed by atoms with Crippen molar-refractivity contribution >= 4 is 29.5 Å². The maximum atomic E-state index is 11.7. The normalized spacial score (nSPS) is 16.5. The molecule has 96 valence electrons. The summed E-state index contributed by atoms with van der Waals surface area (Å²) in [6.07, 6.45) is 3.20. The number of thiazole rings is 1. The molecule has 1 saturated heterocycles. The monoisotopic (exact) mass is 276 g/mol. The molecule has 0 aliphatic carbocycles. The van der Waals surface area contributed by atoms with Gasteiger partial charge in [0.2, 0.25) is 0 Å². The summed E-state index contributed by atoms with van der Waals surface area (Å²) in [6.45, 7) is 4.61. The summed E-state index contributed by atoms with van der Waals surface area (Å²) in [5.74, 6) is 0.170. The number of nitrogens with zero attached hydrogens (tertiary/aromatic N) is 2. The molecule has 2 heterocycles. The van der Waals surface area contributed by atoms with Gasteiger partial charge < -0.3 is 4.74 Å². The fraction of sp³-hybridized carbons (Fsp3) is 0.636. The van der Waals surface area contributed by atoms with Gasteiger partial charge in [-0.05, 0) is 13.0 Å². The number of Topliss-reactive ketones (excluding diaryl/α,β-unsaturated/α-hetero) is 1. The van der Waals surface area contributed by atoms with Crippen molar-refractivity contribution in [2.24, 2.45) is 0 Å². The largest absolute Gasteiger partial charge is 0.379 e. The fourth-order valence-electron chi connectivity index (χ4n) is 1.76. The SMILES string of the molecule is Cl.O=C(CCCN1CCOCC1)c1nccs1. The highest BCUT2D eigenvalue weighted by atomic mass is 35.5. The van der Waals surface area contributed by atoms with Crippen LogP contribution in [0.3, 0.4) is 0 Å². The van der Waals surface area contributed by atoms with Crippen LogP contribution in [0.25, 0.3) is 0 Å². The minimum absolute atomic E-state index is 0. The second-order valence-electron chi connectivity index (χ2n) is 3.82. The maximum Gasteiger partial charge on any atom is 0.191 e. The lowest BCUT2D eigenvalue weighted by molar-refractivity contribution is 0.0371. The molecular weight excluding hydrogens is 260 g/mol. The van der Waals surface area contributed by atoms with Crippen LogP contribution < -0.4 is 0 Å². The average Bonchev–Trinajstić information content (AvgIpc) is 2.84. The number of rotatable bonds is 5. The molecule has 0 amide bonds. The third kappa shape index (κ3) is 4.71. The lowest BCUT2D eigenvalue weighted by atomic mass is 10.2. The van der Waals surface area contributed by atoms with Crippen molar-refractivity contribution in [3.05, 3.63) is 16.6 Å². The molecule has 4 nitrogen and oxygen atoms in total. The van der Waals surface area contributed by atoms with Crippen molar-refractivity contribution in [2.75, 3.05) is 32.8 Å². The van der Waals surface area contributed by atoms with Gasteiger partial charge in [0.15, 0.2) is 10.8 Å². The first-order valence-electron chi connectivity index (χ1n) is 5.59. The van der Waals surface area contributed by atoms with E-state index in [1.54, 1.807) is 6.20 Å². The number of halogens is 1. The van der Waals surface area contributed by atoms with Crippen LogP contribution in [0.1, 0.15) is 22.6 Å². The second-order valence-corrected chi connectivity index (χ2v) is 4.71. The molecule has 2 rings (SSSR count). The van der Waals surface area contributed by atoms with Gasteiger partial charge in [-0.3, -0.25) is 9.69 Å². The summed E-state index contributed by atoms with van der Waals surface area (Å²) in [5, 5.41) is 2.48. The number of ketones is 1. The van der Waals surface area contributed by atoms with E-state index in [2.05, 4.69) is 9.88 Å². The summed E-state index contributed by atoms with van der Waals surface area (Å²) in [5.41, 5.74) is 0. The molecule has 17 heavy (non-hydrogen) atoms. The van der Waals surface area contributed by atoms with Crippen LogP contribution in [-0.2, 0) is 4.74 Å². The van der Waals surface area contributed by atoms with E-state index in [1.807, 2.05) is 5.38 Å². The fourth-order valence-corrected chi connectivity index (χ4v) is 2.36. The van der Waals surface area contributed by atoms with E-state index in [9.17, 15) is 4.79 Å². The number of ether oxygens (including phenoxy) is 1. The van der Waals surface area contributed by atoms with Gasteiger partial charge in [0.25, 0.3) is 0 Å². The highest BCUT2D eigenvalue weighted by Gasteiger charge is 2.12. The van der Waals surface area contributed by atoms with Gasteiger partial charge in [-0.2, -0.15) is 0 Å². The molecule has 0 saturated carbocycles. The van der Waals surface area contributed by atoms with Crippen molar-refractivity contribution in [1.82, 2.24) is 9.88 Å². The maximum absolute atomic E-state index is 11.7. The molecule has 0 spiro atoms. The van der Waals surface area contributed by atoms with Crippen molar-refractivity contribution in [2.45, 2.75) is 12.8 Å². The Morgan fingerprint density at radius 1 is 1.47 bits per heavy atom. The number of carbonyl (C=O) groups excluding carboxylic acids is 1. The first kappa shape index (κ1) is 14.6. The average molecular weight is 277 g/mol. The predicted molar refractivity (Wildman–Crippen MR) is 70.2 cm³/mol. The number of carbonyl (C=O) groups is 1. The number of hydrogen-bond donors (Lipinski definition) is 0. The summed E-state index contributed by atoms with van der Waals surface area (Å²) >= 11 is 1.42. The predicted octanol–water partition coefficient (Wildman–Crippen LogP) is 1.86. The zero-order valence-corrected chi connectivity index (χ0v) is 11.3. The first-order valence-corrected chi connectivity index (χ1v) is 6.47. The second kappa shape index (κ2) is 7.76. The zero-order chi connectivity index (χ0) is 11.2. The van der Waals surface area contributed by atoms with Crippen LogP contribution in [0.4, 0.5) is 0 Å². The Morgan fingerprint density at radius 3 is 2.88 bits per heavy atom. The Labute approximate surface area is 111 Å². The van der Waals surface area contributed by atoms with Crippen molar-refractivity contribution in [1.29, 1.82) is 0 Å². The smallest absolute Gasteiger partial charge is 0.191 e. The van der Waals surface area contributed by atoms with Crippen LogP contribution in [0.5, 0.6) is 0 Å². The van der Waals surface area contributed by atoms with E-state index in [1.165, 1.54) is 11.3 Å². The Balaban J connectivity index is 0.00000144. The zero-order valence-electron chi connectivity index (χ0n) is 9.63. The summed E-state index contributed by atoms with van der Waals surface area (Å²) in [7, 11) is 0. The third-order valence-corrected chi connectivity index (χ3v) is 3.47. The Morgan fingerprint density at radius 2 is 2.24 bits per heavy atom. The molecule has 1 aromatic rings. The number of aromatic nitrogens is 1. The van der Waals surface area contributed by atoms with E-state index in [0.717, 1.165) is 39.3 Å². The van der Waals surface area contributed by atoms with Crippen LogP contribution in [0, 0.1) is 0 Å². The quantitative estimate of drug-likeness (QED) is 0.770. The Bertz CT molecular complexity index is 326. The Kier molecular flexibility index (Phi) is 6.65. The van der Waals surface area contributed by atoms with E-state index >= 15 is 0 Å². The number of hydrogen-bond acceptors (Lipinski definition) is 5. The van der Waals surface area contributed by atoms with Gasteiger partial charge in [-0.25, -0.2) is 4.98 Å². The van der Waals surface area contributed by atoms with E-state index in [4.69, 9.17) is 4.74 Å². The molecule has 0 aromatic carbocycles. The van der Waals surface area contributed by atoms with Crippen LogP contribution >= 0.6 is 23.7 Å². The molecule has 1 aliphatic heterocycles. The number of morpholine rings is 1. The summed E-state index contributed by atoms with van der Waals surface area (Å²) in [4.78, 5) is 18.0. The third-order valence-electron chi connectivity index (χ3n) is 2.65. The van der Waals surface area contributed by atoms with Crippen LogP contribution in [0.2, 0.25) is 0 Å². The van der Waals surface area contributed by atoms with E-state index < -0.39 is 0 Å². The summed E-state index contributed by atoms with van der Waals surface area (Å²) < 4.78 is 5.27. The first-order chi connectivity index (χ1) is 7.86. The molecule has 1 fully saturated rings. The highest BCUT2D eigenvalue weighted by Crippen LogP contribution is 2.09. The topological polar surface area (TPSA) is 42.4 Å². The molecule has 6 heteroatoms. The molecule has 1 aliphatic rings. The highest BCUT2D eigenvalue weighted by molar-refractivity contribution is 7.11. The summed E-state index contributed by atoms with van der Waals surface area (Å²) in [6, 6.07) is 0.